The molecule has 0 saturated carbocycles. The number of hydrogen-bond acceptors (Lipinski definition) is 6. The molecule has 1 fully saturated rings. The number of anilines is 3. The molecule has 0 bridgehead atoms. The number of hydrogen-bond donors (Lipinski definition) is 2. The highest BCUT2D eigenvalue weighted by atomic mass is 16.5. The van der Waals surface area contributed by atoms with Crippen molar-refractivity contribution in [3.63, 3.8) is 0 Å². The van der Waals surface area contributed by atoms with E-state index in [0.717, 1.165) is 22.6 Å². The Labute approximate surface area is 156 Å². The van der Waals surface area contributed by atoms with Crippen LogP contribution in [0.4, 0.5) is 22.3 Å². The highest BCUT2D eigenvalue weighted by Gasteiger charge is 2.22. The van der Waals surface area contributed by atoms with Gasteiger partial charge in [0.2, 0.25) is 0 Å². The molecular weight excluding hydrogens is 346 g/mol. The summed E-state index contributed by atoms with van der Waals surface area (Å²) in [5.41, 5.74) is 2.69. The molecule has 4 rings (SSSR count). The first kappa shape index (κ1) is 16.9. The van der Waals surface area contributed by atoms with Gasteiger partial charge in [0.15, 0.2) is 5.76 Å². The molecule has 0 spiro atoms. The second-order valence-electron chi connectivity index (χ2n) is 6.12. The second kappa shape index (κ2) is 6.99. The Morgan fingerprint density at radius 2 is 2.15 bits per heavy atom. The van der Waals surface area contributed by atoms with Gasteiger partial charge in [-0.25, -0.2) is 14.8 Å². The zero-order chi connectivity index (χ0) is 18.8. The van der Waals surface area contributed by atoms with E-state index in [9.17, 15) is 4.79 Å². The summed E-state index contributed by atoms with van der Waals surface area (Å²) in [5, 5.41) is 5.93. The van der Waals surface area contributed by atoms with Crippen molar-refractivity contribution < 1.29 is 13.9 Å². The average Bonchev–Trinajstić information content (AvgIpc) is 3.33. The first-order valence-corrected chi connectivity index (χ1v) is 8.53. The van der Waals surface area contributed by atoms with Gasteiger partial charge in [0.05, 0.1) is 13.3 Å². The van der Waals surface area contributed by atoms with Crippen LogP contribution in [0, 0.1) is 6.92 Å². The number of aromatic nitrogens is 2. The number of benzene rings is 1. The SMILES string of the molecule is COc1ccc(C)c(Nc2ncc(-c3ccnc(N4CCNC4=O)c3)o2)c1. The minimum atomic E-state index is -0.145. The summed E-state index contributed by atoms with van der Waals surface area (Å²) in [4.78, 5) is 22.0. The molecule has 0 unspecified atom stereocenters. The molecule has 0 radical (unpaired) electrons. The van der Waals surface area contributed by atoms with E-state index in [1.54, 1.807) is 24.4 Å². The van der Waals surface area contributed by atoms with Gasteiger partial charge in [0.1, 0.15) is 11.6 Å². The molecule has 1 aliphatic rings. The first-order chi connectivity index (χ1) is 13.1. The van der Waals surface area contributed by atoms with Crippen LogP contribution in [0.25, 0.3) is 11.3 Å². The van der Waals surface area contributed by atoms with E-state index in [-0.39, 0.29) is 6.03 Å². The summed E-state index contributed by atoms with van der Waals surface area (Å²) < 4.78 is 11.1. The number of carbonyl (C=O) groups is 1. The number of amides is 2. The van der Waals surface area contributed by atoms with Gasteiger partial charge in [-0.1, -0.05) is 6.07 Å². The topological polar surface area (TPSA) is 92.5 Å². The Hall–Kier alpha value is -3.55. The van der Waals surface area contributed by atoms with Crippen molar-refractivity contribution in [2.75, 3.05) is 30.4 Å². The van der Waals surface area contributed by atoms with E-state index in [0.29, 0.717) is 30.7 Å². The Morgan fingerprint density at radius 3 is 2.93 bits per heavy atom. The van der Waals surface area contributed by atoms with Crippen LogP contribution in [0.3, 0.4) is 0 Å². The van der Waals surface area contributed by atoms with Crippen molar-refractivity contribution in [2.24, 2.45) is 0 Å². The summed E-state index contributed by atoms with van der Waals surface area (Å²) in [6.07, 6.45) is 3.29. The highest BCUT2D eigenvalue weighted by Crippen LogP contribution is 2.29. The molecule has 2 aromatic heterocycles. The van der Waals surface area contributed by atoms with Crippen LogP contribution in [-0.2, 0) is 0 Å². The van der Waals surface area contributed by atoms with Gasteiger partial charge < -0.3 is 19.8 Å². The van der Waals surface area contributed by atoms with E-state index in [2.05, 4.69) is 20.6 Å². The number of methoxy groups -OCH3 is 1. The van der Waals surface area contributed by atoms with Crippen LogP contribution in [0.1, 0.15) is 5.56 Å². The smallest absolute Gasteiger partial charge is 0.323 e. The van der Waals surface area contributed by atoms with Crippen LogP contribution in [0.15, 0.2) is 47.1 Å². The standard InChI is InChI=1S/C19H19N5O3/c1-12-3-4-14(26-2)10-15(12)23-18-22-11-16(27-18)13-5-6-20-17(9-13)24-8-7-21-19(24)25/h3-6,9-11H,7-8H2,1-2H3,(H,21,25)(H,22,23). The predicted octanol–water partition coefficient (Wildman–Crippen LogP) is 3.33. The normalized spacial score (nSPS) is 13.6. The lowest BCUT2D eigenvalue weighted by Gasteiger charge is -2.13. The molecule has 3 heterocycles. The molecule has 0 atom stereocenters. The number of pyridine rings is 1. The molecule has 2 N–H and O–H groups in total. The van der Waals surface area contributed by atoms with E-state index >= 15 is 0 Å². The van der Waals surface area contributed by atoms with Gasteiger partial charge in [0.25, 0.3) is 6.01 Å². The van der Waals surface area contributed by atoms with Crippen LogP contribution < -0.4 is 20.3 Å². The fourth-order valence-corrected chi connectivity index (χ4v) is 2.85. The molecule has 3 aromatic rings. The summed E-state index contributed by atoms with van der Waals surface area (Å²) >= 11 is 0. The molecule has 1 saturated heterocycles. The number of ether oxygens (including phenoxy) is 1. The molecule has 0 aliphatic carbocycles. The maximum atomic E-state index is 11.8. The van der Waals surface area contributed by atoms with Crippen molar-refractivity contribution >= 4 is 23.6 Å². The van der Waals surface area contributed by atoms with E-state index in [4.69, 9.17) is 9.15 Å². The quantitative estimate of drug-likeness (QED) is 0.720. The summed E-state index contributed by atoms with van der Waals surface area (Å²) in [6.45, 7) is 3.19. The molecule has 8 heteroatoms. The van der Waals surface area contributed by atoms with Gasteiger partial charge >= 0.3 is 6.03 Å². The van der Waals surface area contributed by atoms with Crippen molar-refractivity contribution in [3.05, 3.63) is 48.3 Å². The lowest BCUT2D eigenvalue weighted by Crippen LogP contribution is -2.28. The number of nitrogens with one attached hydrogen (secondary N) is 2. The van der Waals surface area contributed by atoms with E-state index in [1.165, 1.54) is 0 Å². The largest absolute Gasteiger partial charge is 0.497 e. The third-order valence-electron chi connectivity index (χ3n) is 4.36. The van der Waals surface area contributed by atoms with Crippen molar-refractivity contribution in [1.29, 1.82) is 0 Å². The molecule has 138 valence electrons. The number of aryl methyl sites for hydroxylation is 1. The van der Waals surface area contributed by atoms with Gasteiger partial charge in [-0.3, -0.25) is 4.90 Å². The van der Waals surface area contributed by atoms with Gasteiger partial charge in [-0.05, 0) is 30.7 Å². The van der Waals surface area contributed by atoms with Gasteiger partial charge in [-0.15, -0.1) is 0 Å². The van der Waals surface area contributed by atoms with Crippen LogP contribution in [0.2, 0.25) is 0 Å². The lowest BCUT2D eigenvalue weighted by atomic mass is 10.2. The molecule has 8 nitrogen and oxygen atoms in total. The molecule has 1 aliphatic heterocycles. The minimum absolute atomic E-state index is 0.145. The maximum absolute atomic E-state index is 11.8. The van der Waals surface area contributed by atoms with E-state index < -0.39 is 0 Å². The highest BCUT2D eigenvalue weighted by molar-refractivity contribution is 5.93. The number of urea groups is 1. The molecule has 1 aromatic carbocycles. The number of carbonyl (C=O) groups excluding carboxylic acids is 1. The second-order valence-corrected chi connectivity index (χ2v) is 6.12. The number of oxazole rings is 1. The van der Waals surface area contributed by atoms with Gasteiger partial charge in [-0.2, -0.15) is 0 Å². The minimum Gasteiger partial charge on any atom is -0.497 e. The first-order valence-electron chi connectivity index (χ1n) is 8.53. The van der Waals surface area contributed by atoms with Crippen molar-refractivity contribution in [3.8, 4) is 17.1 Å². The zero-order valence-electron chi connectivity index (χ0n) is 15.0. The monoisotopic (exact) mass is 365 g/mol. The summed E-state index contributed by atoms with van der Waals surface area (Å²) in [5.74, 6) is 1.91. The molecule has 27 heavy (non-hydrogen) atoms. The maximum Gasteiger partial charge on any atom is 0.323 e. The zero-order valence-corrected chi connectivity index (χ0v) is 15.0. The lowest BCUT2D eigenvalue weighted by molar-refractivity contribution is 0.252. The number of rotatable bonds is 5. The number of nitrogens with zero attached hydrogens (tertiary/aromatic N) is 3. The average molecular weight is 365 g/mol. The summed E-state index contributed by atoms with van der Waals surface area (Å²) in [7, 11) is 1.62. The Bertz CT molecular complexity index is 985. The molecular formula is C19H19N5O3. The van der Waals surface area contributed by atoms with E-state index in [1.807, 2.05) is 37.3 Å². The fraction of sp³-hybridized carbons (Fsp3) is 0.211. The van der Waals surface area contributed by atoms with Crippen LogP contribution in [-0.4, -0.2) is 36.2 Å². The van der Waals surface area contributed by atoms with Crippen molar-refractivity contribution in [1.82, 2.24) is 15.3 Å². The Balaban J connectivity index is 1.57. The third kappa shape index (κ3) is 3.41. The van der Waals surface area contributed by atoms with Gasteiger partial charge in [0, 0.05) is 36.6 Å². The Morgan fingerprint density at radius 1 is 1.26 bits per heavy atom. The summed E-state index contributed by atoms with van der Waals surface area (Å²) in [6, 6.07) is 9.60. The fourth-order valence-electron chi connectivity index (χ4n) is 2.85. The predicted molar refractivity (Wildman–Crippen MR) is 101 cm³/mol. The van der Waals surface area contributed by atoms with Crippen LogP contribution in [0.5, 0.6) is 5.75 Å². The van der Waals surface area contributed by atoms with Crippen molar-refractivity contribution in [2.45, 2.75) is 6.92 Å². The molecule has 2 amide bonds. The Kier molecular flexibility index (Phi) is 4.37. The van der Waals surface area contributed by atoms with Crippen LogP contribution >= 0.6 is 0 Å². The third-order valence-corrected chi connectivity index (χ3v) is 4.36.